The van der Waals surface area contributed by atoms with Gasteiger partial charge in [0.15, 0.2) is 6.29 Å². The Labute approximate surface area is 410 Å². The molecule has 8 bridgehead atoms. The Kier molecular flexibility index (Phi) is 13.6. The van der Waals surface area contributed by atoms with Crippen LogP contribution in [0.25, 0.3) is 90.9 Å². The summed E-state index contributed by atoms with van der Waals surface area (Å²) in [7, 11) is 0. The van der Waals surface area contributed by atoms with Crippen LogP contribution in [0.2, 0.25) is 0 Å². The molecule has 0 spiro atoms. The number of nitrogens with one attached hydrogen (secondary N) is 3. The maximum atomic E-state index is 12.5. The van der Waals surface area contributed by atoms with Gasteiger partial charge in [0.2, 0.25) is 5.91 Å². The molecule has 10 rings (SSSR count). The lowest BCUT2D eigenvalue weighted by atomic mass is 9.99. The van der Waals surface area contributed by atoms with Crippen molar-refractivity contribution in [1.29, 1.82) is 0 Å². The minimum atomic E-state index is -1.60. The number of fused-ring (bicyclic) bond motifs is 8. The van der Waals surface area contributed by atoms with Gasteiger partial charge >= 0.3 is 0 Å². The molecule has 0 aliphatic carbocycles. The number of aryl methyl sites for hydroxylation is 3. The number of benzene rings is 4. The Bertz CT molecular complexity index is 3260. The number of hydrogen-bond donors (Lipinski definition) is 7. The lowest BCUT2D eigenvalue weighted by Gasteiger charge is -2.39. The van der Waals surface area contributed by atoms with Crippen LogP contribution in [0.1, 0.15) is 45.9 Å². The number of aromatic amines is 2. The molecule has 7 aromatic rings. The number of H-pyrrole nitrogens is 2. The molecule has 71 heavy (non-hydrogen) atoms. The molecular formula is C58H55N5O8. The number of rotatable bonds is 13. The van der Waals surface area contributed by atoms with Gasteiger partial charge in [0.05, 0.1) is 36.0 Å². The number of aliphatic hydroxyl groups is 4. The van der Waals surface area contributed by atoms with Crippen molar-refractivity contribution >= 4 is 52.3 Å². The lowest BCUT2D eigenvalue weighted by Crippen LogP contribution is -2.59. The maximum absolute atomic E-state index is 12.5. The van der Waals surface area contributed by atoms with E-state index in [0.717, 1.165) is 100 Å². The van der Waals surface area contributed by atoms with Crippen molar-refractivity contribution < 1.29 is 39.4 Å². The molecular weight excluding hydrogens is 895 g/mol. The van der Waals surface area contributed by atoms with Crippen LogP contribution < -0.4 is 10.1 Å². The standard InChI is InChI=1S/C58H55N5O8/c1-33-5-11-36(12-6-33)51-41-21-23-43(60-41)52(37-13-7-34(2)8-14-37)45-25-27-47(62-45)54(48-28-26-46(63-48)53(44-24-22-42(51)61-44)38-15-9-35(3)10-16-38)39-17-19-40(20-18-39)69-30-4-29-59-50(65)32-70-58-57(68)56(67)55(66)49(31-64)71-58/h5-28,49,55-58,60,63-64,66-68H,4,29-32H2,1-3H3,(H,59,65)/t49-,55-,56+,57-,58+/m1/s1. The summed E-state index contributed by atoms with van der Waals surface area (Å²) in [5, 5.41) is 42.4. The number of aliphatic hydroxyl groups excluding tert-OH is 4. The molecule has 0 unspecified atom stereocenters. The monoisotopic (exact) mass is 949 g/mol. The summed E-state index contributed by atoms with van der Waals surface area (Å²) in [5.41, 5.74) is 18.3. The predicted molar refractivity (Wildman–Crippen MR) is 278 cm³/mol. The Balaban J connectivity index is 1.01. The molecule has 1 saturated heterocycles. The average molecular weight is 950 g/mol. The van der Waals surface area contributed by atoms with Gasteiger partial charge in [-0.05, 0) is 110 Å². The summed E-state index contributed by atoms with van der Waals surface area (Å²) >= 11 is 0. The van der Waals surface area contributed by atoms with E-state index in [9.17, 15) is 25.2 Å². The number of aromatic nitrogens is 4. The second-order valence-corrected chi connectivity index (χ2v) is 18.2. The number of amides is 1. The zero-order chi connectivity index (χ0) is 49.2. The lowest BCUT2D eigenvalue weighted by molar-refractivity contribution is -0.299. The fraction of sp³-hybridized carbons (Fsp3) is 0.224. The minimum Gasteiger partial charge on any atom is -0.494 e. The van der Waals surface area contributed by atoms with Crippen molar-refractivity contribution in [3.63, 3.8) is 0 Å². The van der Waals surface area contributed by atoms with Crippen LogP contribution in [0, 0.1) is 20.8 Å². The summed E-state index contributed by atoms with van der Waals surface area (Å²) in [6.45, 7) is 5.82. The first-order valence-corrected chi connectivity index (χ1v) is 23.8. The summed E-state index contributed by atoms with van der Waals surface area (Å²) < 4.78 is 16.8. The number of carbonyl (C=O) groups is 1. The fourth-order valence-corrected chi connectivity index (χ4v) is 9.20. The number of hydrogen-bond acceptors (Lipinski definition) is 10. The molecule has 1 fully saturated rings. The molecule has 1 amide bonds. The summed E-state index contributed by atoms with van der Waals surface area (Å²) in [5.74, 6) is 0.177. The van der Waals surface area contributed by atoms with Gasteiger partial charge in [-0.3, -0.25) is 4.79 Å². The van der Waals surface area contributed by atoms with Crippen LogP contribution >= 0.6 is 0 Å². The van der Waals surface area contributed by atoms with Crippen molar-refractivity contribution in [3.8, 4) is 50.3 Å². The third-order valence-corrected chi connectivity index (χ3v) is 13.1. The quantitative estimate of drug-likeness (QED) is 0.0549. The molecule has 0 saturated carbocycles. The van der Waals surface area contributed by atoms with Gasteiger partial charge in [-0.25, -0.2) is 9.97 Å². The van der Waals surface area contributed by atoms with E-state index in [1.807, 2.05) is 24.3 Å². The third-order valence-electron chi connectivity index (χ3n) is 13.1. The highest BCUT2D eigenvalue weighted by Gasteiger charge is 2.44. The third kappa shape index (κ3) is 9.97. The van der Waals surface area contributed by atoms with Gasteiger partial charge in [-0.15, -0.1) is 0 Å². The van der Waals surface area contributed by atoms with E-state index in [0.29, 0.717) is 18.8 Å². The minimum absolute atomic E-state index is 0.285. The van der Waals surface area contributed by atoms with Crippen molar-refractivity contribution in [2.45, 2.75) is 57.9 Å². The topological polar surface area (TPSA) is 195 Å². The molecule has 360 valence electrons. The van der Waals surface area contributed by atoms with E-state index in [4.69, 9.17) is 24.2 Å². The first-order valence-electron chi connectivity index (χ1n) is 23.8. The normalized spacial score (nSPS) is 18.4. The van der Waals surface area contributed by atoms with Gasteiger partial charge in [0.1, 0.15) is 36.8 Å². The molecule has 13 heteroatoms. The van der Waals surface area contributed by atoms with Crippen LogP contribution in [0.15, 0.2) is 121 Å². The zero-order valence-electron chi connectivity index (χ0n) is 39.6. The SMILES string of the molecule is Cc1ccc(-c2c3nc(c(-c4ccc(C)cc4)c4ccc([nH]4)c(-c4ccc(OCCCNC(=O)CO[C@H]5O[C@H](CO)[C@@H](O)[C@H](O)[C@H]5O)cc4)c4nc(c(-c5ccc(C)cc5)c5ccc2[nH]5)C=C4)C=C3)cc1. The molecule has 6 heterocycles. The highest BCUT2D eigenvalue weighted by molar-refractivity contribution is 6.00. The molecule has 13 nitrogen and oxygen atoms in total. The van der Waals surface area contributed by atoms with Gasteiger partial charge in [0, 0.05) is 50.9 Å². The van der Waals surface area contributed by atoms with Crippen molar-refractivity contribution in [3.05, 3.63) is 161 Å². The predicted octanol–water partition coefficient (Wildman–Crippen LogP) is 8.95. The van der Waals surface area contributed by atoms with E-state index in [2.05, 4.69) is 157 Å². The van der Waals surface area contributed by atoms with E-state index in [-0.39, 0.29) is 6.54 Å². The fourth-order valence-electron chi connectivity index (χ4n) is 9.20. The van der Waals surface area contributed by atoms with E-state index < -0.39 is 49.8 Å². The van der Waals surface area contributed by atoms with Gasteiger partial charge in [0.25, 0.3) is 0 Å². The Hall–Kier alpha value is -7.49. The van der Waals surface area contributed by atoms with Crippen molar-refractivity contribution in [2.75, 3.05) is 26.4 Å². The van der Waals surface area contributed by atoms with Gasteiger partial charge < -0.3 is 49.9 Å². The maximum Gasteiger partial charge on any atom is 0.246 e. The molecule has 4 aromatic carbocycles. The Morgan fingerprint density at radius 2 is 0.958 bits per heavy atom. The molecule has 3 aliphatic rings. The highest BCUT2D eigenvalue weighted by Crippen LogP contribution is 2.39. The zero-order valence-corrected chi connectivity index (χ0v) is 39.6. The highest BCUT2D eigenvalue weighted by atomic mass is 16.7. The van der Waals surface area contributed by atoms with E-state index in [1.54, 1.807) is 0 Å². The van der Waals surface area contributed by atoms with Crippen LogP contribution in [-0.2, 0) is 14.3 Å². The average Bonchev–Trinajstić information content (AvgIpc) is 4.24. The summed E-state index contributed by atoms with van der Waals surface area (Å²) in [6, 6.07) is 42.1. The Morgan fingerprint density at radius 1 is 0.563 bits per heavy atom. The summed E-state index contributed by atoms with van der Waals surface area (Å²) in [6.07, 6.45) is 1.65. The van der Waals surface area contributed by atoms with Crippen LogP contribution in [0.5, 0.6) is 5.75 Å². The molecule has 3 aromatic heterocycles. The van der Waals surface area contributed by atoms with Gasteiger partial charge in [-0.1, -0.05) is 102 Å². The van der Waals surface area contributed by atoms with E-state index >= 15 is 0 Å². The molecule has 3 aliphatic heterocycles. The second-order valence-electron chi connectivity index (χ2n) is 18.2. The smallest absolute Gasteiger partial charge is 0.246 e. The second kappa shape index (κ2) is 20.5. The number of ether oxygens (including phenoxy) is 3. The van der Waals surface area contributed by atoms with Gasteiger partial charge in [-0.2, -0.15) is 0 Å². The Morgan fingerprint density at radius 3 is 1.35 bits per heavy atom. The largest absolute Gasteiger partial charge is 0.494 e. The van der Waals surface area contributed by atoms with E-state index in [1.165, 1.54) is 5.56 Å². The number of nitrogens with zero attached hydrogens (tertiary/aromatic N) is 2. The summed E-state index contributed by atoms with van der Waals surface area (Å²) in [4.78, 5) is 31.0. The molecule has 5 atom stereocenters. The van der Waals surface area contributed by atoms with Crippen LogP contribution in [0.4, 0.5) is 0 Å². The molecule has 7 N–H and O–H groups in total. The van der Waals surface area contributed by atoms with Crippen LogP contribution in [-0.4, -0.2) is 103 Å². The van der Waals surface area contributed by atoms with Crippen molar-refractivity contribution in [1.82, 2.24) is 25.3 Å². The molecule has 0 radical (unpaired) electrons. The number of carbonyl (C=O) groups excluding carboxylic acids is 1. The van der Waals surface area contributed by atoms with Crippen molar-refractivity contribution in [2.24, 2.45) is 0 Å². The van der Waals surface area contributed by atoms with Crippen LogP contribution in [0.3, 0.4) is 0 Å². The first-order chi connectivity index (χ1) is 34.5. The first kappa shape index (κ1) is 47.2.